The molecule has 0 bridgehead atoms. The van der Waals surface area contributed by atoms with Crippen LogP contribution in [0.15, 0.2) is 67.0 Å². The van der Waals surface area contributed by atoms with E-state index in [1.54, 1.807) is 49.5 Å². The molecule has 32 heavy (non-hydrogen) atoms. The molecule has 0 unspecified atom stereocenters. The van der Waals surface area contributed by atoms with Crippen molar-refractivity contribution >= 4 is 11.6 Å². The molecule has 2 N–H and O–H groups in total. The Kier molecular flexibility index (Phi) is 4.66. The van der Waals surface area contributed by atoms with Crippen molar-refractivity contribution in [3.05, 3.63) is 90.1 Å². The molecular formula is C23H17F3N6. The minimum atomic E-state index is -0.682. The fourth-order valence-corrected chi connectivity index (χ4v) is 3.71. The molecule has 6 nitrogen and oxygen atoms in total. The first-order chi connectivity index (χ1) is 15.4. The Balaban J connectivity index is 1.55. The van der Waals surface area contributed by atoms with Crippen molar-refractivity contribution < 1.29 is 13.2 Å². The van der Waals surface area contributed by atoms with E-state index in [1.807, 2.05) is 0 Å². The Morgan fingerprint density at radius 3 is 2.47 bits per heavy atom. The van der Waals surface area contributed by atoms with Gasteiger partial charge in [-0.05, 0) is 42.3 Å². The first-order valence-corrected chi connectivity index (χ1v) is 9.82. The number of hydrogen-bond acceptors (Lipinski definition) is 4. The summed E-state index contributed by atoms with van der Waals surface area (Å²) in [5, 5.41) is 8.13. The van der Waals surface area contributed by atoms with Crippen LogP contribution in [0.1, 0.15) is 18.5 Å². The molecule has 9 heteroatoms. The van der Waals surface area contributed by atoms with Crippen LogP contribution in [0.25, 0.3) is 27.9 Å². The molecule has 0 radical (unpaired) electrons. The van der Waals surface area contributed by atoms with Gasteiger partial charge in [0.25, 0.3) is 0 Å². The van der Waals surface area contributed by atoms with E-state index >= 15 is 8.78 Å². The number of nitrogen functional groups attached to an aromatic ring is 1. The third-order valence-electron chi connectivity index (χ3n) is 5.41. The lowest BCUT2D eigenvalue weighted by atomic mass is 10.00. The van der Waals surface area contributed by atoms with Crippen molar-refractivity contribution in [1.82, 2.24) is 24.4 Å². The second-order valence-electron chi connectivity index (χ2n) is 7.38. The summed E-state index contributed by atoms with van der Waals surface area (Å²) in [6.07, 6.45) is 2.92. The van der Waals surface area contributed by atoms with Gasteiger partial charge in [-0.25, -0.2) is 18.0 Å². The predicted octanol–water partition coefficient (Wildman–Crippen LogP) is 4.87. The molecule has 0 spiro atoms. The third kappa shape index (κ3) is 3.27. The highest BCUT2D eigenvalue weighted by molar-refractivity contribution is 5.75. The number of aromatic nitrogens is 5. The number of anilines is 1. The van der Waals surface area contributed by atoms with Crippen molar-refractivity contribution in [2.75, 3.05) is 5.73 Å². The first-order valence-electron chi connectivity index (χ1n) is 9.82. The minimum absolute atomic E-state index is 0.0334. The van der Waals surface area contributed by atoms with Crippen LogP contribution in [0.2, 0.25) is 0 Å². The van der Waals surface area contributed by atoms with Crippen LogP contribution >= 0.6 is 0 Å². The highest BCUT2D eigenvalue weighted by Gasteiger charge is 2.21. The zero-order chi connectivity index (χ0) is 22.4. The summed E-state index contributed by atoms with van der Waals surface area (Å²) < 4.78 is 46.6. The van der Waals surface area contributed by atoms with Crippen LogP contribution in [-0.4, -0.2) is 24.4 Å². The molecule has 2 aromatic carbocycles. The van der Waals surface area contributed by atoms with Crippen LogP contribution in [0, 0.1) is 17.6 Å². The molecule has 5 aromatic rings. The van der Waals surface area contributed by atoms with Gasteiger partial charge >= 0.3 is 0 Å². The van der Waals surface area contributed by atoms with Crippen molar-refractivity contribution in [3.63, 3.8) is 0 Å². The summed E-state index contributed by atoms with van der Waals surface area (Å²) in [6, 6.07) is 13.3. The number of nitrogens with zero attached hydrogens (tertiary/aromatic N) is 5. The molecular weight excluding hydrogens is 417 g/mol. The van der Waals surface area contributed by atoms with Gasteiger partial charge in [0.15, 0.2) is 5.65 Å². The maximum atomic E-state index is 15.5. The van der Waals surface area contributed by atoms with E-state index < -0.39 is 17.8 Å². The predicted molar refractivity (Wildman–Crippen MR) is 114 cm³/mol. The van der Waals surface area contributed by atoms with Gasteiger partial charge in [0.2, 0.25) is 11.9 Å². The number of pyridine rings is 1. The van der Waals surface area contributed by atoms with Crippen LogP contribution in [0.5, 0.6) is 0 Å². The van der Waals surface area contributed by atoms with Crippen molar-refractivity contribution in [2.24, 2.45) is 0 Å². The molecule has 1 atom stereocenters. The van der Waals surface area contributed by atoms with Crippen LogP contribution in [0.3, 0.4) is 0 Å². The fourth-order valence-electron chi connectivity index (χ4n) is 3.71. The largest absolute Gasteiger partial charge is 0.366 e. The minimum Gasteiger partial charge on any atom is -0.366 e. The average Bonchev–Trinajstić information content (AvgIpc) is 3.35. The molecule has 0 fully saturated rings. The van der Waals surface area contributed by atoms with Gasteiger partial charge in [0.1, 0.15) is 11.6 Å². The SMILES string of the molecule is C[C@H](c1ccc(F)cc1)n1ncc(-c2cccc(-c3ccn4nc(N)nc4c3)c2F)c1F. The Labute approximate surface area is 180 Å². The third-order valence-corrected chi connectivity index (χ3v) is 5.41. The number of fused-ring (bicyclic) bond motifs is 1. The van der Waals surface area contributed by atoms with E-state index in [-0.39, 0.29) is 28.5 Å². The Hall–Kier alpha value is -4.14. The van der Waals surface area contributed by atoms with E-state index in [1.165, 1.54) is 28.9 Å². The molecule has 160 valence electrons. The Morgan fingerprint density at radius 2 is 1.69 bits per heavy atom. The van der Waals surface area contributed by atoms with Gasteiger partial charge in [-0.1, -0.05) is 30.3 Å². The number of nitrogens with two attached hydrogens (primary N) is 1. The zero-order valence-corrected chi connectivity index (χ0v) is 16.9. The van der Waals surface area contributed by atoms with Crippen LogP contribution in [0.4, 0.5) is 19.1 Å². The molecule has 3 heterocycles. The number of halogens is 3. The molecule has 0 saturated carbocycles. The normalized spacial score (nSPS) is 12.4. The quantitative estimate of drug-likeness (QED) is 0.438. The smallest absolute Gasteiger partial charge is 0.240 e. The van der Waals surface area contributed by atoms with E-state index in [2.05, 4.69) is 15.2 Å². The molecule has 0 saturated heterocycles. The number of hydrogen-bond donors (Lipinski definition) is 1. The van der Waals surface area contributed by atoms with Crippen molar-refractivity contribution in [2.45, 2.75) is 13.0 Å². The summed E-state index contributed by atoms with van der Waals surface area (Å²) >= 11 is 0. The molecule has 0 amide bonds. The summed E-state index contributed by atoms with van der Waals surface area (Å²) in [7, 11) is 0. The standard InChI is InChI=1S/C23H17F3N6/c1-13(14-5-7-16(24)8-6-14)32-22(26)19(12-28-32)18-4-2-3-17(21(18)25)15-9-10-31-20(11-15)29-23(27)30-31/h2-13H,1H3,(H2,27,30)/t13-/m1/s1. The molecule has 3 aromatic heterocycles. The lowest BCUT2D eigenvalue weighted by Gasteiger charge is -2.13. The number of rotatable bonds is 4. The van der Waals surface area contributed by atoms with Crippen LogP contribution < -0.4 is 5.73 Å². The Bertz CT molecular complexity index is 1440. The molecule has 0 aliphatic rings. The van der Waals surface area contributed by atoms with Gasteiger partial charge in [-0.15, -0.1) is 5.10 Å². The fraction of sp³-hybridized carbons (Fsp3) is 0.0870. The topological polar surface area (TPSA) is 74.0 Å². The first kappa shape index (κ1) is 19.8. The highest BCUT2D eigenvalue weighted by atomic mass is 19.1. The zero-order valence-electron chi connectivity index (χ0n) is 16.9. The van der Waals surface area contributed by atoms with Gasteiger partial charge in [0.05, 0.1) is 17.8 Å². The van der Waals surface area contributed by atoms with Gasteiger partial charge in [-0.2, -0.15) is 14.5 Å². The summed E-state index contributed by atoms with van der Waals surface area (Å²) in [5.41, 5.74) is 7.71. The monoisotopic (exact) mass is 434 g/mol. The molecule has 0 aliphatic carbocycles. The maximum absolute atomic E-state index is 15.5. The van der Waals surface area contributed by atoms with Gasteiger partial charge < -0.3 is 5.73 Å². The average molecular weight is 434 g/mol. The van der Waals surface area contributed by atoms with Gasteiger partial charge in [0, 0.05) is 17.3 Å². The summed E-state index contributed by atoms with van der Waals surface area (Å²) in [5.74, 6) is -1.54. The second-order valence-corrected chi connectivity index (χ2v) is 7.38. The summed E-state index contributed by atoms with van der Waals surface area (Å²) in [6.45, 7) is 1.74. The lowest BCUT2D eigenvalue weighted by molar-refractivity contribution is 0.433. The van der Waals surface area contributed by atoms with Crippen LogP contribution in [-0.2, 0) is 0 Å². The molecule has 5 rings (SSSR count). The van der Waals surface area contributed by atoms with E-state index in [9.17, 15) is 4.39 Å². The van der Waals surface area contributed by atoms with Crippen molar-refractivity contribution in [3.8, 4) is 22.3 Å². The van der Waals surface area contributed by atoms with E-state index in [4.69, 9.17) is 5.73 Å². The second kappa shape index (κ2) is 7.52. The Morgan fingerprint density at radius 1 is 0.938 bits per heavy atom. The molecule has 0 aliphatic heterocycles. The highest BCUT2D eigenvalue weighted by Crippen LogP contribution is 2.33. The maximum Gasteiger partial charge on any atom is 0.240 e. The number of benzene rings is 2. The lowest BCUT2D eigenvalue weighted by Crippen LogP contribution is -2.11. The van der Waals surface area contributed by atoms with Crippen molar-refractivity contribution in [1.29, 1.82) is 0 Å². The summed E-state index contributed by atoms with van der Waals surface area (Å²) in [4.78, 5) is 4.09. The van der Waals surface area contributed by atoms with E-state index in [0.29, 0.717) is 16.8 Å². The van der Waals surface area contributed by atoms with Gasteiger partial charge in [-0.3, -0.25) is 0 Å². The van der Waals surface area contributed by atoms with E-state index in [0.717, 1.165) is 4.68 Å².